The van der Waals surface area contributed by atoms with Crippen LogP contribution in [-0.2, 0) is 14.3 Å². The molecule has 104 valence electrons. The van der Waals surface area contributed by atoms with E-state index in [0.717, 1.165) is 6.42 Å². The first-order valence-electron chi connectivity index (χ1n) is 6.90. The summed E-state index contributed by atoms with van der Waals surface area (Å²) in [6, 6.07) is 0. The zero-order valence-electron chi connectivity index (χ0n) is 11.5. The van der Waals surface area contributed by atoms with Gasteiger partial charge in [-0.05, 0) is 30.6 Å². The molecule has 1 saturated heterocycles. The van der Waals surface area contributed by atoms with Crippen LogP contribution in [0.5, 0.6) is 0 Å². The molecule has 4 heteroatoms. The molecule has 1 spiro atoms. The van der Waals surface area contributed by atoms with Gasteiger partial charge in [-0.2, -0.15) is 0 Å². The van der Waals surface area contributed by atoms with E-state index in [4.69, 9.17) is 14.6 Å². The van der Waals surface area contributed by atoms with E-state index in [0.29, 0.717) is 31.0 Å². The second-order valence-electron chi connectivity index (χ2n) is 6.39. The summed E-state index contributed by atoms with van der Waals surface area (Å²) in [4.78, 5) is 10.9. The van der Waals surface area contributed by atoms with Crippen LogP contribution in [0.15, 0.2) is 0 Å². The van der Waals surface area contributed by atoms with Crippen molar-refractivity contribution >= 4 is 5.97 Å². The summed E-state index contributed by atoms with van der Waals surface area (Å²) in [6.45, 7) is 7.80. The van der Waals surface area contributed by atoms with Crippen molar-refractivity contribution in [1.82, 2.24) is 0 Å². The van der Waals surface area contributed by atoms with E-state index in [1.165, 1.54) is 12.8 Å². The first-order chi connectivity index (χ1) is 8.44. The van der Waals surface area contributed by atoms with E-state index in [1.54, 1.807) is 0 Å². The van der Waals surface area contributed by atoms with E-state index in [-0.39, 0.29) is 5.41 Å². The number of carbonyl (C=O) groups is 1. The molecule has 0 bridgehead atoms. The summed E-state index contributed by atoms with van der Waals surface area (Å²) < 4.78 is 10.9. The van der Waals surface area contributed by atoms with Gasteiger partial charge in [0.05, 0.1) is 13.2 Å². The Hall–Kier alpha value is -0.610. The van der Waals surface area contributed by atoms with Crippen molar-refractivity contribution in [1.29, 1.82) is 0 Å². The first kappa shape index (κ1) is 13.8. The fourth-order valence-corrected chi connectivity index (χ4v) is 3.81. The molecule has 1 aliphatic carbocycles. The van der Waals surface area contributed by atoms with Gasteiger partial charge < -0.3 is 14.6 Å². The van der Waals surface area contributed by atoms with Crippen LogP contribution in [0.1, 0.15) is 40.0 Å². The summed E-state index contributed by atoms with van der Waals surface area (Å²) >= 11 is 0. The molecular weight excluding hydrogens is 232 g/mol. The molecule has 0 aromatic heterocycles. The van der Waals surface area contributed by atoms with Gasteiger partial charge in [0.1, 0.15) is 0 Å². The van der Waals surface area contributed by atoms with Crippen LogP contribution < -0.4 is 0 Å². The van der Waals surface area contributed by atoms with Crippen LogP contribution in [0, 0.1) is 23.2 Å². The Kier molecular flexibility index (Phi) is 3.97. The Bertz CT molecular complexity index is 305. The minimum atomic E-state index is -1.07. The van der Waals surface area contributed by atoms with Crippen LogP contribution in [0.4, 0.5) is 0 Å². The second kappa shape index (κ2) is 5.17. The Labute approximate surface area is 109 Å². The predicted octanol–water partition coefficient (Wildman–Crippen LogP) is 2.52. The van der Waals surface area contributed by atoms with Crippen molar-refractivity contribution in [3.05, 3.63) is 0 Å². The van der Waals surface area contributed by atoms with Crippen LogP contribution >= 0.6 is 0 Å². The Morgan fingerprint density at radius 2 is 1.89 bits per heavy atom. The average molecular weight is 256 g/mol. The van der Waals surface area contributed by atoms with E-state index in [9.17, 15) is 4.79 Å². The van der Waals surface area contributed by atoms with Crippen LogP contribution in [-0.4, -0.2) is 30.6 Å². The number of hydrogen-bond acceptors (Lipinski definition) is 3. The third-order valence-corrected chi connectivity index (χ3v) is 4.56. The van der Waals surface area contributed by atoms with Crippen molar-refractivity contribution in [3.8, 4) is 0 Å². The summed E-state index contributed by atoms with van der Waals surface area (Å²) in [5, 5.41) is 8.90. The Morgan fingerprint density at radius 1 is 1.28 bits per heavy atom. The van der Waals surface area contributed by atoms with Gasteiger partial charge in [0.25, 0.3) is 6.29 Å². The van der Waals surface area contributed by atoms with E-state index >= 15 is 0 Å². The summed E-state index contributed by atoms with van der Waals surface area (Å²) in [7, 11) is 0. The Morgan fingerprint density at radius 3 is 2.39 bits per heavy atom. The van der Waals surface area contributed by atoms with Gasteiger partial charge in [0, 0.05) is 5.41 Å². The molecule has 1 unspecified atom stereocenters. The zero-order valence-corrected chi connectivity index (χ0v) is 11.5. The topological polar surface area (TPSA) is 55.8 Å². The highest BCUT2D eigenvalue weighted by molar-refractivity contribution is 5.70. The van der Waals surface area contributed by atoms with Gasteiger partial charge >= 0.3 is 5.97 Å². The minimum absolute atomic E-state index is 0.0256. The Balaban J connectivity index is 2.10. The molecular formula is C14H24O4. The lowest BCUT2D eigenvalue weighted by Gasteiger charge is -2.50. The third-order valence-electron chi connectivity index (χ3n) is 4.56. The number of aliphatic carboxylic acids is 1. The first-order valence-corrected chi connectivity index (χ1v) is 6.90. The molecule has 18 heavy (non-hydrogen) atoms. The molecule has 1 heterocycles. The largest absolute Gasteiger partial charge is 0.477 e. The summed E-state index contributed by atoms with van der Waals surface area (Å²) in [5.74, 6) is 0.818. The van der Waals surface area contributed by atoms with Gasteiger partial charge in [-0.25, -0.2) is 4.79 Å². The molecule has 1 N–H and O–H groups in total. The summed E-state index contributed by atoms with van der Waals surface area (Å²) in [5.41, 5.74) is 0.0256. The fourth-order valence-electron chi connectivity index (χ4n) is 3.81. The molecule has 2 aliphatic rings. The highest BCUT2D eigenvalue weighted by Crippen LogP contribution is 2.49. The predicted molar refractivity (Wildman–Crippen MR) is 67.1 cm³/mol. The quantitative estimate of drug-likeness (QED) is 0.825. The molecule has 0 aromatic carbocycles. The maximum Gasteiger partial charge on any atom is 0.361 e. The van der Waals surface area contributed by atoms with Gasteiger partial charge in [0.2, 0.25) is 0 Å². The smallest absolute Gasteiger partial charge is 0.361 e. The molecule has 4 nitrogen and oxygen atoms in total. The number of ether oxygens (including phenoxy) is 2. The normalized spacial score (nSPS) is 41.2. The minimum Gasteiger partial charge on any atom is -0.477 e. The molecule has 2 atom stereocenters. The van der Waals surface area contributed by atoms with Gasteiger partial charge in [-0.1, -0.05) is 27.2 Å². The SMILES string of the molecule is CC(C)C1CC[C@@H](C)CC12COC(C(=O)O)OC2. The highest BCUT2D eigenvalue weighted by atomic mass is 16.7. The van der Waals surface area contributed by atoms with Gasteiger partial charge in [-0.3, -0.25) is 0 Å². The van der Waals surface area contributed by atoms with Crippen molar-refractivity contribution in [2.45, 2.75) is 46.3 Å². The molecule has 2 rings (SSSR count). The van der Waals surface area contributed by atoms with Crippen molar-refractivity contribution in [2.24, 2.45) is 23.2 Å². The van der Waals surface area contributed by atoms with Crippen molar-refractivity contribution < 1.29 is 19.4 Å². The van der Waals surface area contributed by atoms with Gasteiger partial charge in [0.15, 0.2) is 0 Å². The average Bonchev–Trinajstić information content (AvgIpc) is 2.28. The maximum absolute atomic E-state index is 10.9. The van der Waals surface area contributed by atoms with Crippen LogP contribution in [0.25, 0.3) is 0 Å². The molecule has 0 amide bonds. The number of hydrogen-bond donors (Lipinski definition) is 1. The number of carboxylic acids is 1. The molecule has 1 saturated carbocycles. The monoisotopic (exact) mass is 256 g/mol. The zero-order chi connectivity index (χ0) is 13.3. The molecule has 2 fully saturated rings. The van der Waals surface area contributed by atoms with E-state index in [2.05, 4.69) is 20.8 Å². The lowest BCUT2D eigenvalue weighted by atomic mass is 9.60. The maximum atomic E-state index is 10.9. The molecule has 0 aromatic rings. The lowest BCUT2D eigenvalue weighted by Crippen LogP contribution is -2.52. The lowest BCUT2D eigenvalue weighted by molar-refractivity contribution is -0.255. The number of carboxylic acid groups (broad SMARTS) is 1. The standard InChI is InChI=1S/C14H24O4/c1-9(2)11-5-4-10(3)6-14(11)7-17-13(12(15)16)18-8-14/h9-11,13H,4-8H2,1-3H3,(H,15,16)/t10-,11?,13?,14?/m1/s1. The highest BCUT2D eigenvalue weighted by Gasteiger charge is 2.48. The molecule has 0 radical (unpaired) electrons. The van der Waals surface area contributed by atoms with Crippen molar-refractivity contribution in [3.63, 3.8) is 0 Å². The third kappa shape index (κ3) is 2.54. The van der Waals surface area contributed by atoms with Gasteiger partial charge in [-0.15, -0.1) is 0 Å². The van der Waals surface area contributed by atoms with E-state index < -0.39 is 12.3 Å². The second-order valence-corrected chi connectivity index (χ2v) is 6.39. The van der Waals surface area contributed by atoms with E-state index in [1.807, 2.05) is 0 Å². The van der Waals surface area contributed by atoms with Crippen LogP contribution in [0.2, 0.25) is 0 Å². The number of rotatable bonds is 2. The fraction of sp³-hybridized carbons (Fsp3) is 0.929. The summed E-state index contributed by atoms with van der Waals surface area (Å²) in [6.07, 6.45) is 2.47. The molecule has 1 aliphatic heterocycles. The van der Waals surface area contributed by atoms with Crippen LogP contribution in [0.3, 0.4) is 0 Å². The van der Waals surface area contributed by atoms with Crippen molar-refractivity contribution in [2.75, 3.05) is 13.2 Å².